The SMILES string of the molecule is CC(CO)NCCS(=O)(=O)c1cccc(/C(N)=N/O)c1. The second-order valence-corrected chi connectivity index (χ2v) is 6.48. The minimum absolute atomic E-state index is 0.0565. The highest BCUT2D eigenvalue weighted by Crippen LogP contribution is 2.13. The predicted octanol–water partition coefficient (Wildman–Crippen LogP) is -0.475. The molecule has 0 aromatic heterocycles. The maximum Gasteiger partial charge on any atom is 0.179 e. The Hall–Kier alpha value is -1.64. The fraction of sp³-hybridized carbons (Fsp3) is 0.417. The minimum atomic E-state index is -3.46. The molecule has 0 aliphatic rings. The second kappa shape index (κ2) is 7.22. The van der Waals surface area contributed by atoms with Gasteiger partial charge in [0.05, 0.1) is 17.3 Å². The topological polar surface area (TPSA) is 125 Å². The molecule has 0 bridgehead atoms. The number of aliphatic hydroxyl groups excluding tert-OH is 1. The molecule has 0 fully saturated rings. The maximum absolute atomic E-state index is 12.1. The molecule has 1 aromatic carbocycles. The molecule has 0 aliphatic heterocycles. The van der Waals surface area contributed by atoms with E-state index in [1.165, 1.54) is 18.2 Å². The van der Waals surface area contributed by atoms with Gasteiger partial charge in [0.15, 0.2) is 15.7 Å². The summed E-state index contributed by atoms with van der Waals surface area (Å²) in [7, 11) is -3.46. The van der Waals surface area contributed by atoms with Crippen LogP contribution in [0.4, 0.5) is 0 Å². The molecule has 20 heavy (non-hydrogen) atoms. The molecule has 1 atom stereocenters. The Balaban J connectivity index is 2.82. The Morgan fingerprint density at radius 2 is 2.20 bits per heavy atom. The van der Waals surface area contributed by atoms with Crippen molar-refractivity contribution < 1.29 is 18.7 Å². The lowest BCUT2D eigenvalue weighted by molar-refractivity contribution is 0.253. The van der Waals surface area contributed by atoms with Crippen molar-refractivity contribution in [2.24, 2.45) is 10.9 Å². The minimum Gasteiger partial charge on any atom is -0.409 e. The maximum atomic E-state index is 12.1. The van der Waals surface area contributed by atoms with Crippen molar-refractivity contribution in [2.45, 2.75) is 17.9 Å². The second-order valence-electron chi connectivity index (χ2n) is 4.37. The van der Waals surface area contributed by atoms with Crippen LogP contribution in [0.25, 0.3) is 0 Å². The van der Waals surface area contributed by atoms with Crippen molar-refractivity contribution in [2.75, 3.05) is 18.9 Å². The van der Waals surface area contributed by atoms with Crippen molar-refractivity contribution >= 4 is 15.7 Å². The first-order chi connectivity index (χ1) is 9.40. The van der Waals surface area contributed by atoms with E-state index in [2.05, 4.69) is 10.5 Å². The molecule has 8 heteroatoms. The highest BCUT2D eigenvalue weighted by molar-refractivity contribution is 7.91. The molecule has 1 rings (SSSR count). The van der Waals surface area contributed by atoms with Crippen molar-refractivity contribution in [3.8, 4) is 0 Å². The van der Waals surface area contributed by atoms with E-state index in [1.54, 1.807) is 13.0 Å². The van der Waals surface area contributed by atoms with Gasteiger partial charge in [-0.3, -0.25) is 0 Å². The van der Waals surface area contributed by atoms with Gasteiger partial charge < -0.3 is 21.4 Å². The van der Waals surface area contributed by atoms with Gasteiger partial charge >= 0.3 is 0 Å². The van der Waals surface area contributed by atoms with Gasteiger partial charge in [-0.05, 0) is 19.1 Å². The number of nitrogens with one attached hydrogen (secondary N) is 1. The van der Waals surface area contributed by atoms with Crippen LogP contribution in [0, 0.1) is 0 Å². The summed E-state index contributed by atoms with van der Waals surface area (Å²) < 4.78 is 24.2. The normalized spacial score (nSPS) is 14.2. The molecule has 1 unspecified atom stereocenters. The molecule has 1 aromatic rings. The van der Waals surface area contributed by atoms with Crippen LogP contribution in [0.15, 0.2) is 34.3 Å². The van der Waals surface area contributed by atoms with Gasteiger partial charge in [0, 0.05) is 18.2 Å². The lowest BCUT2D eigenvalue weighted by Crippen LogP contribution is -2.33. The van der Waals surface area contributed by atoms with Gasteiger partial charge in [-0.2, -0.15) is 0 Å². The molecule has 0 heterocycles. The van der Waals surface area contributed by atoms with E-state index >= 15 is 0 Å². The highest BCUT2D eigenvalue weighted by Gasteiger charge is 2.15. The molecule has 0 aliphatic carbocycles. The zero-order chi connectivity index (χ0) is 15.2. The van der Waals surface area contributed by atoms with Crippen LogP contribution in [0.5, 0.6) is 0 Å². The molecular formula is C12H19N3O4S. The van der Waals surface area contributed by atoms with Crippen LogP contribution in [-0.2, 0) is 9.84 Å². The van der Waals surface area contributed by atoms with Crippen LogP contribution >= 0.6 is 0 Å². The van der Waals surface area contributed by atoms with E-state index in [9.17, 15) is 8.42 Å². The Bertz CT molecular complexity index is 572. The summed E-state index contributed by atoms with van der Waals surface area (Å²) in [6.45, 7) is 1.93. The Kier molecular flexibility index (Phi) is 5.93. The van der Waals surface area contributed by atoms with Crippen LogP contribution in [0.3, 0.4) is 0 Å². The summed E-state index contributed by atoms with van der Waals surface area (Å²) >= 11 is 0. The fourth-order valence-electron chi connectivity index (χ4n) is 1.53. The molecule has 5 N–H and O–H groups in total. The van der Waals surface area contributed by atoms with E-state index in [0.29, 0.717) is 5.56 Å². The Morgan fingerprint density at radius 1 is 1.50 bits per heavy atom. The number of sulfone groups is 1. The van der Waals surface area contributed by atoms with Crippen molar-refractivity contribution in [3.63, 3.8) is 0 Å². The highest BCUT2D eigenvalue weighted by atomic mass is 32.2. The zero-order valence-electron chi connectivity index (χ0n) is 11.2. The van der Waals surface area contributed by atoms with E-state index in [1.807, 2.05) is 0 Å². The van der Waals surface area contributed by atoms with Gasteiger partial charge in [-0.1, -0.05) is 17.3 Å². The molecular weight excluding hydrogens is 282 g/mol. The number of hydrogen-bond acceptors (Lipinski definition) is 6. The van der Waals surface area contributed by atoms with Crippen molar-refractivity contribution in [3.05, 3.63) is 29.8 Å². The number of rotatable bonds is 7. The first-order valence-corrected chi connectivity index (χ1v) is 7.71. The van der Waals surface area contributed by atoms with E-state index < -0.39 is 9.84 Å². The molecule has 0 spiro atoms. The Labute approximate surface area is 118 Å². The quantitative estimate of drug-likeness (QED) is 0.233. The molecule has 112 valence electrons. The zero-order valence-corrected chi connectivity index (χ0v) is 12.0. The monoisotopic (exact) mass is 301 g/mol. The van der Waals surface area contributed by atoms with Gasteiger partial charge in [0.25, 0.3) is 0 Å². The smallest absolute Gasteiger partial charge is 0.179 e. The van der Waals surface area contributed by atoms with Crippen LogP contribution in [-0.4, -0.2) is 49.5 Å². The molecule has 0 saturated carbocycles. The number of nitrogens with zero attached hydrogens (tertiary/aromatic N) is 1. The van der Waals surface area contributed by atoms with Gasteiger partial charge in [0.1, 0.15) is 0 Å². The lowest BCUT2D eigenvalue weighted by Gasteiger charge is -2.11. The number of nitrogens with two attached hydrogens (primary N) is 1. The molecule has 0 saturated heterocycles. The third-order valence-corrected chi connectivity index (χ3v) is 4.45. The molecule has 0 radical (unpaired) electrons. The summed E-state index contributed by atoms with van der Waals surface area (Å²) in [5.41, 5.74) is 5.77. The standard InChI is InChI=1S/C12H19N3O4S/c1-9(8-16)14-5-6-20(18,19)11-4-2-3-10(7-11)12(13)15-17/h2-4,7,9,14,16-17H,5-6,8H2,1H3,(H2,13,15). The summed E-state index contributed by atoms with van der Waals surface area (Å²) in [5.74, 6) is -0.245. The van der Waals surface area contributed by atoms with Crippen molar-refractivity contribution in [1.29, 1.82) is 0 Å². The van der Waals surface area contributed by atoms with Crippen molar-refractivity contribution in [1.82, 2.24) is 5.32 Å². The number of benzene rings is 1. The average molecular weight is 301 g/mol. The number of aliphatic hydroxyl groups is 1. The summed E-state index contributed by atoms with van der Waals surface area (Å²) in [6, 6.07) is 5.75. The third-order valence-electron chi connectivity index (χ3n) is 2.73. The van der Waals surface area contributed by atoms with Crippen LogP contribution in [0.2, 0.25) is 0 Å². The summed E-state index contributed by atoms with van der Waals surface area (Å²) in [5, 5.41) is 23.2. The third kappa shape index (κ3) is 4.48. The van der Waals surface area contributed by atoms with Gasteiger partial charge in [0.2, 0.25) is 0 Å². The van der Waals surface area contributed by atoms with Crippen LogP contribution < -0.4 is 11.1 Å². The first-order valence-electron chi connectivity index (χ1n) is 6.05. The average Bonchev–Trinajstić information content (AvgIpc) is 2.46. The van der Waals surface area contributed by atoms with Crippen LogP contribution in [0.1, 0.15) is 12.5 Å². The number of hydrogen-bond donors (Lipinski definition) is 4. The first kappa shape index (κ1) is 16.4. The Morgan fingerprint density at radius 3 is 2.80 bits per heavy atom. The summed E-state index contributed by atoms with van der Waals surface area (Å²) in [6.07, 6.45) is 0. The molecule has 0 amide bonds. The van der Waals surface area contributed by atoms with E-state index in [0.717, 1.165) is 0 Å². The van der Waals surface area contributed by atoms with E-state index in [4.69, 9.17) is 16.0 Å². The van der Waals surface area contributed by atoms with Gasteiger partial charge in [-0.15, -0.1) is 0 Å². The largest absolute Gasteiger partial charge is 0.409 e. The summed E-state index contributed by atoms with van der Waals surface area (Å²) in [4.78, 5) is 0.111. The predicted molar refractivity (Wildman–Crippen MR) is 75.6 cm³/mol. The molecule has 7 nitrogen and oxygen atoms in total. The van der Waals surface area contributed by atoms with E-state index in [-0.39, 0.29) is 35.7 Å². The fourth-order valence-corrected chi connectivity index (χ4v) is 2.74. The lowest BCUT2D eigenvalue weighted by atomic mass is 10.2. The number of amidine groups is 1. The van der Waals surface area contributed by atoms with Gasteiger partial charge in [-0.25, -0.2) is 8.42 Å². The number of oxime groups is 1.